The fraction of sp³-hybridized carbons (Fsp3) is 0.286. The van der Waals surface area contributed by atoms with Gasteiger partial charge in [0, 0.05) is 0 Å². The predicted molar refractivity (Wildman–Crippen MR) is 72.5 cm³/mol. The van der Waals surface area contributed by atoms with Crippen LogP contribution in [-0.4, -0.2) is 13.0 Å². The molecule has 1 N–H and O–H groups in total. The lowest BCUT2D eigenvalue weighted by molar-refractivity contribution is 0.482. The molecule has 0 spiro atoms. The molecule has 0 radical (unpaired) electrons. The summed E-state index contributed by atoms with van der Waals surface area (Å²) in [5, 5.41) is 1.84. The van der Waals surface area contributed by atoms with Crippen molar-refractivity contribution in [2.75, 3.05) is 0 Å². The Kier molecular flexibility index (Phi) is 3.41. The molecule has 3 nitrogen and oxygen atoms in total. The van der Waals surface area contributed by atoms with E-state index in [0.717, 1.165) is 17.2 Å². The Morgan fingerprint density at radius 3 is 2.28 bits per heavy atom. The van der Waals surface area contributed by atoms with E-state index >= 15 is 0 Å². The molecular weight excluding hydrogens is 248 g/mol. The van der Waals surface area contributed by atoms with Gasteiger partial charge in [0.1, 0.15) is 0 Å². The van der Waals surface area contributed by atoms with E-state index in [-0.39, 0.29) is 4.90 Å². The van der Waals surface area contributed by atoms with Gasteiger partial charge in [0.25, 0.3) is 10.1 Å². The van der Waals surface area contributed by atoms with Crippen molar-refractivity contribution in [1.29, 1.82) is 0 Å². The van der Waals surface area contributed by atoms with E-state index in [2.05, 4.69) is 13.0 Å². The zero-order valence-electron chi connectivity index (χ0n) is 10.5. The van der Waals surface area contributed by atoms with Crippen LogP contribution in [0.15, 0.2) is 35.2 Å². The Balaban J connectivity index is 2.76. The van der Waals surface area contributed by atoms with Gasteiger partial charge in [0.05, 0.1) is 4.90 Å². The summed E-state index contributed by atoms with van der Waals surface area (Å²) in [5.74, 6) is 0. The summed E-state index contributed by atoms with van der Waals surface area (Å²) in [7, 11) is -4.15. The monoisotopic (exact) mass is 264 g/mol. The molecule has 0 saturated carbocycles. The average molecular weight is 264 g/mol. The molecule has 0 fully saturated rings. The van der Waals surface area contributed by atoms with Crippen molar-refractivity contribution in [2.45, 2.75) is 31.6 Å². The van der Waals surface area contributed by atoms with Crippen molar-refractivity contribution >= 4 is 20.9 Å². The summed E-state index contributed by atoms with van der Waals surface area (Å²) in [4.78, 5) is 0.0155. The molecule has 0 unspecified atom stereocenters. The van der Waals surface area contributed by atoms with E-state index in [4.69, 9.17) is 0 Å². The molecule has 0 aliphatic rings. The van der Waals surface area contributed by atoms with E-state index in [1.807, 2.05) is 25.1 Å². The highest BCUT2D eigenvalue weighted by atomic mass is 32.2. The maximum Gasteiger partial charge on any atom is 0.294 e. The molecular formula is C14H16O3S. The standard InChI is InChI=1S/C14H16O3S/c1-3-10-5-6-12-9-14(18(15,16)17)11(4-2)8-13(12)7-10/h5-9H,3-4H2,1-2H3,(H,15,16,17). The minimum Gasteiger partial charge on any atom is -0.282 e. The zero-order valence-corrected chi connectivity index (χ0v) is 11.3. The second kappa shape index (κ2) is 4.71. The first kappa shape index (κ1) is 13.1. The van der Waals surface area contributed by atoms with E-state index in [1.54, 1.807) is 6.07 Å². The Morgan fingerprint density at radius 1 is 1.00 bits per heavy atom. The molecule has 0 atom stereocenters. The second-order valence-corrected chi connectivity index (χ2v) is 5.71. The van der Waals surface area contributed by atoms with E-state index in [0.29, 0.717) is 12.0 Å². The number of hydrogen-bond donors (Lipinski definition) is 1. The van der Waals surface area contributed by atoms with Crippen molar-refractivity contribution in [3.05, 3.63) is 41.5 Å². The van der Waals surface area contributed by atoms with Gasteiger partial charge in [-0.25, -0.2) is 0 Å². The lowest BCUT2D eigenvalue weighted by atomic mass is 10.0. The average Bonchev–Trinajstić information content (AvgIpc) is 2.35. The summed E-state index contributed by atoms with van der Waals surface area (Å²) in [6, 6.07) is 9.31. The molecule has 0 aliphatic heterocycles. The van der Waals surface area contributed by atoms with Crippen LogP contribution in [0.1, 0.15) is 25.0 Å². The van der Waals surface area contributed by atoms with Crippen molar-refractivity contribution in [3.8, 4) is 0 Å². The molecule has 0 aromatic heterocycles. The normalized spacial score (nSPS) is 11.9. The lowest BCUT2D eigenvalue weighted by Crippen LogP contribution is -2.02. The SMILES string of the molecule is CCc1ccc2cc(S(=O)(=O)O)c(CC)cc2c1. The highest BCUT2D eigenvalue weighted by molar-refractivity contribution is 7.85. The molecule has 0 heterocycles. The third-order valence-electron chi connectivity index (χ3n) is 3.15. The van der Waals surface area contributed by atoms with E-state index in [1.165, 1.54) is 5.56 Å². The molecule has 96 valence electrons. The third kappa shape index (κ3) is 2.40. The molecule has 2 aromatic carbocycles. The van der Waals surface area contributed by atoms with Gasteiger partial charge in [-0.3, -0.25) is 4.55 Å². The Bertz CT molecular complexity index is 687. The van der Waals surface area contributed by atoms with Crippen LogP contribution < -0.4 is 0 Å². The van der Waals surface area contributed by atoms with Gasteiger partial charge in [-0.1, -0.05) is 32.0 Å². The van der Waals surface area contributed by atoms with Crippen LogP contribution in [0.4, 0.5) is 0 Å². The quantitative estimate of drug-likeness (QED) is 0.866. The van der Waals surface area contributed by atoms with Crippen molar-refractivity contribution < 1.29 is 13.0 Å². The maximum atomic E-state index is 11.3. The fourth-order valence-electron chi connectivity index (χ4n) is 2.11. The zero-order chi connectivity index (χ0) is 13.3. The number of rotatable bonds is 3. The van der Waals surface area contributed by atoms with Crippen LogP contribution in [0.2, 0.25) is 0 Å². The van der Waals surface area contributed by atoms with Gasteiger partial charge in [-0.05, 0) is 46.9 Å². The fourth-order valence-corrected chi connectivity index (χ4v) is 2.92. The van der Waals surface area contributed by atoms with E-state index in [9.17, 15) is 13.0 Å². The van der Waals surface area contributed by atoms with Gasteiger partial charge in [0.2, 0.25) is 0 Å². The van der Waals surface area contributed by atoms with E-state index < -0.39 is 10.1 Å². The number of hydrogen-bond acceptors (Lipinski definition) is 2. The number of benzene rings is 2. The first-order valence-electron chi connectivity index (χ1n) is 5.98. The van der Waals surface area contributed by atoms with Crippen LogP contribution in [-0.2, 0) is 23.0 Å². The molecule has 4 heteroatoms. The van der Waals surface area contributed by atoms with Gasteiger partial charge < -0.3 is 0 Å². The highest BCUT2D eigenvalue weighted by Crippen LogP contribution is 2.25. The van der Waals surface area contributed by atoms with Gasteiger partial charge >= 0.3 is 0 Å². The third-order valence-corrected chi connectivity index (χ3v) is 4.09. The molecule has 0 saturated heterocycles. The topological polar surface area (TPSA) is 54.4 Å². The first-order chi connectivity index (χ1) is 8.45. The van der Waals surface area contributed by atoms with Crippen LogP contribution in [0.3, 0.4) is 0 Å². The van der Waals surface area contributed by atoms with Crippen molar-refractivity contribution in [2.24, 2.45) is 0 Å². The maximum absolute atomic E-state index is 11.3. The van der Waals surface area contributed by atoms with Crippen LogP contribution in [0.25, 0.3) is 10.8 Å². The Labute approximate surface area is 107 Å². The first-order valence-corrected chi connectivity index (χ1v) is 7.42. The predicted octanol–water partition coefficient (Wildman–Crippen LogP) is 3.21. The Morgan fingerprint density at radius 2 is 1.72 bits per heavy atom. The Hall–Kier alpha value is -1.39. The minimum absolute atomic E-state index is 0.0155. The summed E-state index contributed by atoms with van der Waals surface area (Å²) >= 11 is 0. The van der Waals surface area contributed by atoms with Crippen LogP contribution >= 0.6 is 0 Å². The molecule has 0 bridgehead atoms. The number of aryl methyl sites for hydroxylation is 2. The molecule has 2 aromatic rings. The summed E-state index contributed by atoms with van der Waals surface area (Å²) in [6.45, 7) is 3.95. The number of fused-ring (bicyclic) bond motifs is 1. The smallest absolute Gasteiger partial charge is 0.282 e. The van der Waals surface area contributed by atoms with Crippen LogP contribution in [0.5, 0.6) is 0 Å². The summed E-state index contributed by atoms with van der Waals surface area (Å²) in [5.41, 5.74) is 1.86. The van der Waals surface area contributed by atoms with Crippen molar-refractivity contribution in [3.63, 3.8) is 0 Å². The van der Waals surface area contributed by atoms with Gasteiger partial charge in [-0.2, -0.15) is 8.42 Å². The second-order valence-electron chi connectivity index (χ2n) is 4.32. The van der Waals surface area contributed by atoms with Gasteiger partial charge in [0.15, 0.2) is 0 Å². The largest absolute Gasteiger partial charge is 0.294 e. The summed E-state index contributed by atoms with van der Waals surface area (Å²) < 4.78 is 31.9. The van der Waals surface area contributed by atoms with Crippen LogP contribution in [0, 0.1) is 0 Å². The van der Waals surface area contributed by atoms with Gasteiger partial charge in [-0.15, -0.1) is 0 Å². The molecule has 0 aliphatic carbocycles. The molecule has 0 amide bonds. The molecule has 18 heavy (non-hydrogen) atoms. The molecule has 2 rings (SSSR count). The lowest BCUT2D eigenvalue weighted by Gasteiger charge is -2.08. The van der Waals surface area contributed by atoms with Crippen molar-refractivity contribution in [1.82, 2.24) is 0 Å². The minimum atomic E-state index is -4.15. The highest BCUT2D eigenvalue weighted by Gasteiger charge is 2.15. The summed E-state index contributed by atoms with van der Waals surface area (Å²) in [6.07, 6.45) is 1.51.